The summed E-state index contributed by atoms with van der Waals surface area (Å²) >= 11 is 0. The quantitative estimate of drug-likeness (QED) is 0.0266. The molecular weight excluding hydrogens is 673 g/mol. The van der Waals surface area contributed by atoms with Gasteiger partial charge in [-0.25, -0.2) is 0 Å². The van der Waals surface area contributed by atoms with Crippen molar-refractivity contribution in [2.45, 2.75) is 264 Å². The Morgan fingerprint density at radius 3 is 0.944 bits per heavy atom. The van der Waals surface area contributed by atoms with E-state index in [1.165, 1.54) is 154 Å². The average Bonchev–Trinajstić information content (AvgIpc) is 3.17. The minimum absolute atomic E-state index is 0.0695. The van der Waals surface area contributed by atoms with E-state index < -0.39 is 6.10 Å². The fourth-order valence-corrected chi connectivity index (χ4v) is 6.91. The van der Waals surface area contributed by atoms with Crippen LogP contribution < -0.4 is 0 Å². The largest absolute Gasteiger partial charge is 0.462 e. The maximum Gasteiger partial charge on any atom is 0.306 e. The first-order valence-corrected chi connectivity index (χ1v) is 23.7. The Kier molecular flexibility index (Phi) is 42.4. The molecule has 0 spiro atoms. The second-order valence-corrected chi connectivity index (χ2v) is 16.0. The number of ether oxygens (including phenoxy) is 3. The highest BCUT2D eigenvalue weighted by molar-refractivity contribution is 5.71. The molecule has 0 amide bonds. The maximum absolute atomic E-state index is 12.7. The van der Waals surface area contributed by atoms with Crippen LogP contribution in [0.5, 0.6) is 0 Å². The molecule has 54 heavy (non-hydrogen) atoms. The molecule has 0 aliphatic heterocycles. The number of esters is 3. The molecule has 1 atom stereocenters. The smallest absolute Gasteiger partial charge is 0.306 e. The molecule has 0 saturated carbocycles. The molecule has 0 N–H and O–H groups in total. The number of hydrogen-bond acceptors (Lipinski definition) is 6. The van der Waals surface area contributed by atoms with Crippen molar-refractivity contribution in [2.24, 2.45) is 0 Å². The number of unbranched alkanes of at least 4 members (excludes halogenated alkanes) is 30. The molecule has 6 nitrogen and oxygen atoms in total. The van der Waals surface area contributed by atoms with Gasteiger partial charge in [-0.1, -0.05) is 206 Å². The van der Waals surface area contributed by atoms with Gasteiger partial charge in [0.2, 0.25) is 0 Å². The van der Waals surface area contributed by atoms with Crippen LogP contribution in [0.15, 0.2) is 12.2 Å². The van der Waals surface area contributed by atoms with Gasteiger partial charge in [-0.15, -0.1) is 0 Å². The lowest BCUT2D eigenvalue weighted by molar-refractivity contribution is -0.167. The zero-order chi connectivity index (χ0) is 39.4. The SMILES string of the molecule is CCCCCC/C=C\CCCCCCCC(=O)OC(COC(=O)CCCCCCCC)COC(=O)CCCCCCCCCCCCCCCCCCC. The van der Waals surface area contributed by atoms with Gasteiger partial charge in [0.15, 0.2) is 6.10 Å². The summed E-state index contributed by atoms with van der Waals surface area (Å²) in [5.41, 5.74) is 0. The molecule has 0 aromatic carbocycles. The van der Waals surface area contributed by atoms with Crippen molar-refractivity contribution < 1.29 is 28.6 Å². The summed E-state index contributed by atoms with van der Waals surface area (Å²) in [6.07, 6.45) is 46.4. The van der Waals surface area contributed by atoms with Crippen molar-refractivity contribution >= 4 is 17.9 Å². The monoisotopic (exact) mass is 763 g/mol. The molecule has 0 aliphatic rings. The van der Waals surface area contributed by atoms with E-state index in [-0.39, 0.29) is 31.1 Å². The lowest BCUT2D eigenvalue weighted by atomic mass is 10.0. The molecule has 0 aliphatic carbocycles. The normalized spacial score (nSPS) is 12.0. The topological polar surface area (TPSA) is 78.9 Å². The van der Waals surface area contributed by atoms with Crippen LogP contribution in [0.2, 0.25) is 0 Å². The second kappa shape index (κ2) is 43.9. The van der Waals surface area contributed by atoms with Gasteiger partial charge in [-0.3, -0.25) is 14.4 Å². The Hall–Kier alpha value is -1.85. The minimum Gasteiger partial charge on any atom is -0.462 e. The van der Waals surface area contributed by atoms with E-state index in [9.17, 15) is 14.4 Å². The molecule has 0 aromatic rings. The number of hydrogen-bond donors (Lipinski definition) is 0. The molecule has 1 unspecified atom stereocenters. The summed E-state index contributed by atoms with van der Waals surface area (Å²) in [5.74, 6) is -0.878. The number of allylic oxidation sites excluding steroid dienone is 2. The van der Waals surface area contributed by atoms with Crippen LogP contribution in [-0.2, 0) is 28.6 Å². The van der Waals surface area contributed by atoms with Gasteiger partial charge >= 0.3 is 17.9 Å². The molecule has 0 bridgehead atoms. The Morgan fingerprint density at radius 2 is 0.611 bits per heavy atom. The molecule has 318 valence electrons. The van der Waals surface area contributed by atoms with Crippen molar-refractivity contribution in [3.8, 4) is 0 Å². The highest BCUT2D eigenvalue weighted by Gasteiger charge is 2.19. The van der Waals surface area contributed by atoms with E-state index >= 15 is 0 Å². The molecule has 0 radical (unpaired) electrons. The first-order chi connectivity index (χ1) is 26.5. The first-order valence-electron chi connectivity index (χ1n) is 23.7. The zero-order valence-electron chi connectivity index (χ0n) is 36.3. The van der Waals surface area contributed by atoms with E-state index in [1.54, 1.807) is 0 Å². The molecule has 0 rings (SSSR count). The van der Waals surface area contributed by atoms with Crippen LogP contribution in [0, 0.1) is 0 Å². The third kappa shape index (κ3) is 41.3. The number of rotatable bonds is 43. The van der Waals surface area contributed by atoms with Gasteiger partial charge in [0.1, 0.15) is 13.2 Å². The summed E-state index contributed by atoms with van der Waals surface area (Å²) in [5, 5.41) is 0. The van der Waals surface area contributed by atoms with Gasteiger partial charge in [0.25, 0.3) is 0 Å². The lowest BCUT2D eigenvalue weighted by Gasteiger charge is -2.18. The van der Waals surface area contributed by atoms with Crippen molar-refractivity contribution in [2.75, 3.05) is 13.2 Å². The van der Waals surface area contributed by atoms with E-state index in [0.717, 1.165) is 64.2 Å². The highest BCUT2D eigenvalue weighted by Crippen LogP contribution is 2.16. The Labute approximate surface area is 335 Å². The molecular formula is C48H90O6. The van der Waals surface area contributed by atoms with Gasteiger partial charge in [-0.05, 0) is 44.9 Å². The fourth-order valence-electron chi connectivity index (χ4n) is 6.91. The van der Waals surface area contributed by atoms with Crippen molar-refractivity contribution in [1.82, 2.24) is 0 Å². The zero-order valence-corrected chi connectivity index (χ0v) is 36.3. The van der Waals surface area contributed by atoms with E-state index in [1.807, 2.05) is 0 Å². The van der Waals surface area contributed by atoms with Crippen molar-refractivity contribution in [3.63, 3.8) is 0 Å². The number of carbonyl (C=O) groups excluding carboxylic acids is 3. The van der Waals surface area contributed by atoms with Crippen LogP contribution in [-0.4, -0.2) is 37.2 Å². The summed E-state index contributed by atoms with van der Waals surface area (Å²) < 4.78 is 16.6. The molecule has 6 heteroatoms. The molecule has 0 aromatic heterocycles. The Morgan fingerprint density at radius 1 is 0.352 bits per heavy atom. The van der Waals surface area contributed by atoms with Gasteiger partial charge < -0.3 is 14.2 Å². The van der Waals surface area contributed by atoms with E-state index in [0.29, 0.717) is 19.3 Å². The van der Waals surface area contributed by atoms with Gasteiger partial charge in [0, 0.05) is 19.3 Å². The van der Waals surface area contributed by atoms with E-state index in [4.69, 9.17) is 14.2 Å². The van der Waals surface area contributed by atoms with Crippen molar-refractivity contribution in [1.29, 1.82) is 0 Å². The number of carbonyl (C=O) groups is 3. The summed E-state index contributed by atoms with van der Waals surface area (Å²) in [7, 11) is 0. The molecule has 0 fully saturated rings. The Bertz CT molecular complexity index is 839. The molecule has 0 heterocycles. The summed E-state index contributed by atoms with van der Waals surface area (Å²) in [4.78, 5) is 37.6. The Balaban J connectivity index is 4.20. The van der Waals surface area contributed by atoms with Crippen LogP contribution in [0.1, 0.15) is 258 Å². The van der Waals surface area contributed by atoms with Gasteiger partial charge in [0.05, 0.1) is 0 Å². The van der Waals surface area contributed by atoms with E-state index in [2.05, 4.69) is 32.9 Å². The maximum atomic E-state index is 12.7. The van der Waals surface area contributed by atoms with Crippen LogP contribution >= 0.6 is 0 Å². The predicted molar refractivity (Wildman–Crippen MR) is 229 cm³/mol. The third-order valence-electron chi connectivity index (χ3n) is 10.5. The molecule has 0 saturated heterocycles. The van der Waals surface area contributed by atoms with Crippen LogP contribution in [0.25, 0.3) is 0 Å². The van der Waals surface area contributed by atoms with Crippen LogP contribution in [0.3, 0.4) is 0 Å². The second-order valence-electron chi connectivity index (χ2n) is 16.0. The predicted octanol–water partition coefficient (Wildman–Crippen LogP) is 15.0. The minimum atomic E-state index is -0.765. The van der Waals surface area contributed by atoms with Crippen molar-refractivity contribution in [3.05, 3.63) is 12.2 Å². The standard InChI is InChI=1S/C48H90O6/c1-4-7-10-13-16-18-20-22-23-24-25-27-28-30-32-35-38-41-47(50)53-44-45(43-52-46(49)40-37-34-15-12-9-6-3)54-48(51)42-39-36-33-31-29-26-21-19-17-14-11-8-5-2/h19,21,45H,4-18,20,22-44H2,1-3H3/b21-19-. The summed E-state index contributed by atoms with van der Waals surface area (Å²) in [6.45, 7) is 6.58. The first kappa shape index (κ1) is 52.2. The lowest BCUT2D eigenvalue weighted by Crippen LogP contribution is -2.30. The fraction of sp³-hybridized carbons (Fsp3) is 0.896. The highest BCUT2D eigenvalue weighted by atomic mass is 16.6. The van der Waals surface area contributed by atoms with Gasteiger partial charge in [-0.2, -0.15) is 0 Å². The summed E-state index contributed by atoms with van der Waals surface area (Å²) in [6, 6.07) is 0. The van der Waals surface area contributed by atoms with Crippen LogP contribution in [0.4, 0.5) is 0 Å². The average molecular weight is 763 g/mol. The third-order valence-corrected chi connectivity index (χ3v) is 10.5.